The molecule has 0 radical (unpaired) electrons. The Hall–Kier alpha value is -2.08. The van der Waals surface area contributed by atoms with Crippen LogP contribution in [0.25, 0.3) is 0 Å². The first-order valence-electron chi connectivity index (χ1n) is 7.55. The molecule has 0 spiro atoms. The van der Waals surface area contributed by atoms with Gasteiger partial charge in [-0.05, 0) is 19.1 Å². The zero-order valence-corrected chi connectivity index (χ0v) is 12.8. The van der Waals surface area contributed by atoms with E-state index in [1.54, 1.807) is 11.8 Å². The lowest BCUT2D eigenvalue weighted by molar-refractivity contribution is -0.128. The van der Waals surface area contributed by atoms with Crippen molar-refractivity contribution in [1.29, 1.82) is 0 Å². The molecule has 2 amide bonds. The fourth-order valence-corrected chi connectivity index (χ4v) is 2.45. The first-order chi connectivity index (χ1) is 10.5. The van der Waals surface area contributed by atoms with E-state index in [1.807, 2.05) is 30.3 Å². The van der Waals surface area contributed by atoms with Crippen molar-refractivity contribution in [1.82, 2.24) is 10.2 Å². The lowest BCUT2D eigenvalue weighted by Gasteiger charge is -2.17. The number of benzene rings is 1. The van der Waals surface area contributed by atoms with Crippen molar-refractivity contribution in [2.75, 3.05) is 19.7 Å². The molecule has 120 valence electrons. The standard InChI is InChI=1S/C16H23N3O3/c1-12(17)9-15(20)18-13-10-16(21)19(11-13)7-8-22-14-5-3-2-4-6-14/h2-6,12-13H,7-11,17H2,1H3,(H,18,20). The van der Waals surface area contributed by atoms with Gasteiger partial charge in [0, 0.05) is 25.4 Å². The third-order valence-corrected chi connectivity index (χ3v) is 3.46. The number of hydrogen-bond acceptors (Lipinski definition) is 4. The van der Waals surface area contributed by atoms with E-state index in [0.29, 0.717) is 26.1 Å². The quantitative estimate of drug-likeness (QED) is 0.769. The first-order valence-corrected chi connectivity index (χ1v) is 7.55. The molecule has 3 N–H and O–H groups in total. The largest absolute Gasteiger partial charge is 0.492 e. The van der Waals surface area contributed by atoms with Gasteiger partial charge in [-0.25, -0.2) is 0 Å². The summed E-state index contributed by atoms with van der Waals surface area (Å²) in [6, 6.07) is 9.18. The monoisotopic (exact) mass is 305 g/mol. The molecule has 2 atom stereocenters. The van der Waals surface area contributed by atoms with E-state index in [9.17, 15) is 9.59 Å². The van der Waals surface area contributed by atoms with Crippen LogP contribution in [0.15, 0.2) is 30.3 Å². The number of ether oxygens (including phenoxy) is 1. The van der Waals surface area contributed by atoms with Crippen molar-refractivity contribution in [3.05, 3.63) is 30.3 Å². The molecule has 0 aliphatic carbocycles. The number of para-hydroxylation sites is 1. The van der Waals surface area contributed by atoms with E-state index >= 15 is 0 Å². The topological polar surface area (TPSA) is 84.7 Å². The van der Waals surface area contributed by atoms with Crippen LogP contribution < -0.4 is 15.8 Å². The lowest BCUT2D eigenvalue weighted by atomic mass is 10.2. The summed E-state index contributed by atoms with van der Waals surface area (Å²) in [5.41, 5.74) is 5.59. The minimum absolute atomic E-state index is 0.0442. The molecule has 1 aliphatic heterocycles. The Kier molecular flexibility index (Phi) is 5.77. The summed E-state index contributed by atoms with van der Waals surface area (Å²) in [5, 5.41) is 2.86. The van der Waals surface area contributed by atoms with Crippen LogP contribution in [0.5, 0.6) is 5.75 Å². The SMILES string of the molecule is CC(N)CC(=O)NC1CC(=O)N(CCOc2ccccc2)C1. The van der Waals surface area contributed by atoms with Crippen LogP contribution in [-0.2, 0) is 9.59 Å². The normalized spacial score (nSPS) is 19.1. The van der Waals surface area contributed by atoms with Gasteiger partial charge in [-0.15, -0.1) is 0 Å². The molecule has 0 aromatic heterocycles. The highest BCUT2D eigenvalue weighted by Crippen LogP contribution is 2.12. The predicted molar refractivity (Wildman–Crippen MR) is 83.3 cm³/mol. The molecule has 1 fully saturated rings. The molecule has 6 nitrogen and oxygen atoms in total. The fourth-order valence-electron chi connectivity index (χ4n) is 2.45. The van der Waals surface area contributed by atoms with Crippen LogP contribution in [0.1, 0.15) is 19.8 Å². The zero-order valence-electron chi connectivity index (χ0n) is 12.8. The van der Waals surface area contributed by atoms with Crippen molar-refractivity contribution in [2.45, 2.75) is 31.8 Å². The Morgan fingerprint density at radius 2 is 2.18 bits per heavy atom. The molecular weight excluding hydrogens is 282 g/mol. The van der Waals surface area contributed by atoms with E-state index in [1.165, 1.54) is 0 Å². The molecule has 1 heterocycles. The maximum atomic E-state index is 11.9. The maximum absolute atomic E-state index is 11.9. The minimum atomic E-state index is -0.174. The van der Waals surface area contributed by atoms with Crippen LogP contribution in [0, 0.1) is 0 Å². The minimum Gasteiger partial charge on any atom is -0.492 e. The highest BCUT2D eigenvalue weighted by molar-refractivity contribution is 5.82. The van der Waals surface area contributed by atoms with Gasteiger partial charge in [0.05, 0.1) is 12.6 Å². The van der Waals surface area contributed by atoms with Crippen molar-refractivity contribution in [2.24, 2.45) is 5.73 Å². The predicted octanol–water partition coefficient (Wildman–Crippen LogP) is 0.520. The van der Waals surface area contributed by atoms with Gasteiger partial charge in [0.15, 0.2) is 0 Å². The molecule has 0 saturated carbocycles. The number of amides is 2. The van der Waals surface area contributed by atoms with Crippen molar-refractivity contribution in [3.63, 3.8) is 0 Å². The average molecular weight is 305 g/mol. The molecule has 0 bridgehead atoms. The fraction of sp³-hybridized carbons (Fsp3) is 0.500. The van der Waals surface area contributed by atoms with Gasteiger partial charge in [-0.3, -0.25) is 9.59 Å². The Morgan fingerprint density at radius 3 is 2.86 bits per heavy atom. The third kappa shape index (κ3) is 5.04. The number of rotatable bonds is 7. The average Bonchev–Trinajstić information content (AvgIpc) is 2.79. The third-order valence-electron chi connectivity index (χ3n) is 3.46. The van der Waals surface area contributed by atoms with Gasteiger partial charge in [0.25, 0.3) is 0 Å². The van der Waals surface area contributed by atoms with E-state index in [4.69, 9.17) is 10.5 Å². The van der Waals surface area contributed by atoms with Gasteiger partial charge >= 0.3 is 0 Å². The molecule has 6 heteroatoms. The van der Waals surface area contributed by atoms with Crippen LogP contribution in [-0.4, -0.2) is 48.5 Å². The van der Waals surface area contributed by atoms with Crippen molar-refractivity contribution < 1.29 is 14.3 Å². The molecular formula is C16H23N3O3. The molecule has 1 aromatic carbocycles. The van der Waals surface area contributed by atoms with E-state index < -0.39 is 0 Å². The van der Waals surface area contributed by atoms with E-state index in [-0.39, 0.29) is 30.3 Å². The zero-order chi connectivity index (χ0) is 15.9. The van der Waals surface area contributed by atoms with Gasteiger partial charge in [0.1, 0.15) is 12.4 Å². The molecule has 1 saturated heterocycles. The van der Waals surface area contributed by atoms with Crippen molar-refractivity contribution in [3.8, 4) is 5.75 Å². The Labute approximate surface area is 130 Å². The summed E-state index contributed by atoms with van der Waals surface area (Å²) in [6.45, 7) is 3.28. The van der Waals surface area contributed by atoms with Crippen LogP contribution in [0.2, 0.25) is 0 Å². The number of nitrogens with two attached hydrogens (primary N) is 1. The van der Waals surface area contributed by atoms with E-state index in [0.717, 1.165) is 5.75 Å². The summed E-state index contributed by atoms with van der Waals surface area (Å²) < 4.78 is 5.59. The number of carbonyl (C=O) groups is 2. The van der Waals surface area contributed by atoms with Crippen LogP contribution in [0.3, 0.4) is 0 Å². The smallest absolute Gasteiger partial charge is 0.224 e. The Morgan fingerprint density at radius 1 is 1.45 bits per heavy atom. The number of hydrogen-bond donors (Lipinski definition) is 2. The number of nitrogens with one attached hydrogen (secondary N) is 1. The maximum Gasteiger partial charge on any atom is 0.224 e. The summed E-state index contributed by atoms with van der Waals surface area (Å²) in [4.78, 5) is 25.3. The molecule has 2 rings (SSSR count). The van der Waals surface area contributed by atoms with Gasteiger partial charge in [-0.2, -0.15) is 0 Å². The highest BCUT2D eigenvalue weighted by atomic mass is 16.5. The molecule has 1 aromatic rings. The second-order valence-corrected chi connectivity index (χ2v) is 5.65. The summed E-state index contributed by atoms with van der Waals surface area (Å²) in [5.74, 6) is 0.730. The van der Waals surface area contributed by atoms with Crippen LogP contribution in [0.4, 0.5) is 0 Å². The van der Waals surface area contributed by atoms with Gasteiger partial charge in [0.2, 0.25) is 11.8 Å². The second kappa shape index (κ2) is 7.79. The number of carbonyl (C=O) groups excluding carboxylic acids is 2. The molecule has 22 heavy (non-hydrogen) atoms. The summed E-state index contributed by atoms with van der Waals surface area (Å²) >= 11 is 0. The van der Waals surface area contributed by atoms with E-state index in [2.05, 4.69) is 5.32 Å². The van der Waals surface area contributed by atoms with Gasteiger partial charge < -0.3 is 20.7 Å². The summed E-state index contributed by atoms with van der Waals surface area (Å²) in [7, 11) is 0. The lowest BCUT2D eigenvalue weighted by Crippen LogP contribution is -2.39. The van der Waals surface area contributed by atoms with Gasteiger partial charge in [-0.1, -0.05) is 18.2 Å². The number of likely N-dealkylation sites (tertiary alicyclic amines) is 1. The molecule has 1 aliphatic rings. The first kappa shape index (κ1) is 16.3. The Bertz CT molecular complexity index is 505. The summed E-state index contributed by atoms with van der Waals surface area (Å²) in [6.07, 6.45) is 0.623. The second-order valence-electron chi connectivity index (χ2n) is 5.65. The molecule has 2 unspecified atom stereocenters. The Balaban J connectivity index is 1.72. The van der Waals surface area contributed by atoms with Crippen molar-refractivity contribution >= 4 is 11.8 Å². The number of nitrogens with zero attached hydrogens (tertiary/aromatic N) is 1. The van der Waals surface area contributed by atoms with Crippen LogP contribution >= 0.6 is 0 Å². The highest BCUT2D eigenvalue weighted by Gasteiger charge is 2.30.